The minimum Gasteiger partial charge on any atom is -0.497 e. The quantitative estimate of drug-likeness (QED) is 0.648. The predicted molar refractivity (Wildman–Crippen MR) is 123 cm³/mol. The second-order valence-electron chi connectivity index (χ2n) is 7.83. The molecule has 1 amide bonds. The lowest BCUT2D eigenvalue weighted by Crippen LogP contribution is -2.42. The highest BCUT2D eigenvalue weighted by Crippen LogP contribution is 2.30. The van der Waals surface area contributed by atoms with Gasteiger partial charge in [0.15, 0.2) is 0 Å². The summed E-state index contributed by atoms with van der Waals surface area (Å²) in [7, 11) is -2.21. The first kappa shape index (κ1) is 23.5. The number of carbonyl (C=O) groups excluding carboxylic acids is 1. The predicted octanol–water partition coefficient (Wildman–Crippen LogP) is 1.48. The van der Waals surface area contributed by atoms with Gasteiger partial charge >= 0.3 is 0 Å². The number of nitrogens with zero attached hydrogens (tertiary/aromatic N) is 2. The Morgan fingerprint density at radius 1 is 1.00 bits per heavy atom. The number of rotatable bonds is 7. The van der Waals surface area contributed by atoms with Crippen molar-refractivity contribution in [1.29, 1.82) is 0 Å². The van der Waals surface area contributed by atoms with Gasteiger partial charge < -0.3 is 24.4 Å². The number of amides is 1. The van der Waals surface area contributed by atoms with Crippen LogP contribution in [0.3, 0.4) is 0 Å². The van der Waals surface area contributed by atoms with Gasteiger partial charge in [0.1, 0.15) is 10.6 Å². The Morgan fingerprint density at radius 2 is 1.70 bits per heavy atom. The molecule has 2 fully saturated rings. The fourth-order valence-corrected chi connectivity index (χ4v) is 5.57. The van der Waals surface area contributed by atoms with Crippen molar-refractivity contribution in [1.82, 2.24) is 9.62 Å². The fraction of sp³-hybridized carbons (Fsp3) is 0.435. The summed E-state index contributed by atoms with van der Waals surface area (Å²) in [6.45, 7) is 3.82. The molecule has 0 unspecified atom stereocenters. The number of carbonyl (C=O) groups is 1. The molecular weight excluding hydrogens is 446 g/mol. The Kier molecular flexibility index (Phi) is 7.49. The van der Waals surface area contributed by atoms with E-state index in [1.165, 1.54) is 10.4 Å². The van der Waals surface area contributed by atoms with E-state index in [0.29, 0.717) is 63.1 Å². The SMILES string of the molecule is COc1cccc(CNC(=O)c2ccc(N3CCOCC3)c(S(=O)(=O)N3CCOCC3)c2)c1. The monoisotopic (exact) mass is 475 g/mol. The Hall–Kier alpha value is -2.66. The highest BCUT2D eigenvalue weighted by atomic mass is 32.2. The summed E-state index contributed by atoms with van der Waals surface area (Å²) in [5.74, 6) is 0.361. The van der Waals surface area contributed by atoms with Gasteiger partial charge in [-0.25, -0.2) is 8.42 Å². The van der Waals surface area contributed by atoms with Crippen LogP contribution in [0.5, 0.6) is 5.75 Å². The number of hydrogen-bond acceptors (Lipinski definition) is 7. The maximum absolute atomic E-state index is 13.5. The number of anilines is 1. The number of hydrogen-bond donors (Lipinski definition) is 1. The third kappa shape index (κ3) is 5.47. The lowest BCUT2D eigenvalue weighted by Gasteiger charge is -2.32. The number of methoxy groups -OCH3 is 1. The number of ether oxygens (including phenoxy) is 3. The van der Waals surface area contributed by atoms with Crippen LogP contribution in [0.2, 0.25) is 0 Å². The summed E-state index contributed by atoms with van der Waals surface area (Å²) in [5, 5.41) is 2.87. The van der Waals surface area contributed by atoms with Crippen LogP contribution in [0.15, 0.2) is 47.4 Å². The van der Waals surface area contributed by atoms with Crippen LogP contribution >= 0.6 is 0 Å². The van der Waals surface area contributed by atoms with Crippen LogP contribution in [0, 0.1) is 0 Å². The van der Waals surface area contributed by atoms with E-state index in [0.717, 1.165) is 5.56 Å². The molecule has 0 atom stereocenters. The van der Waals surface area contributed by atoms with Crippen molar-refractivity contribution in [2.45, 2.75) is 11.4 Å². The van der Waals surface area contributed by atoms with Crippen LogP contribution in [-0.4, -0.2) is 78.3 Å². The van der Waals surface area contributed by atoms with Gasteiger partial charge in [-0.3, -0.25) is 4.79 Å². The Morgan fingerprint density at radius 3 is 2.39 bits per heavy atom. The van der Waals surface area contributed by atoms with Crippen LogP contribution in [0.1, 0.15) is 15.9 Å². The maximum atomic E-state index is 13.5. The van der Waals surface area contributed by atoms with Gasteiger partial charge in [-0.05, 0) is 35.9 Å². The smallest absolute Gasteiger partial charge is 0.251 e. The van der Waals surface area contributed by atoms with Gasteiger partial charge in [-0.1, -0.05) is 12.1 Å². The summed E-state index contributed by atoms with van der Waals surface area (Å²) in [6.07, 6.45) is 0. The molecule has 2 aliphatic rings. The Balaban J connectivity index is 1.60. The van der Waals surface area contributed by atoms with E-state index in [4.69, 9.17) is 14.2 Å². The van der Waals surface area contributed by atoms with Crippen LogP contribution in [0.25, 0.3) is 0 Å². The number of morpholine rings is 2. The van der Waals surface area contributed by atoms with E-state index in [1.807, 2.05) is 29.2 Å². The maximum Gasteiger partial charge on any atom is 0.251 e. The molecule has 0 aromatic heterocycles. The number of benzene rings is 2. The molecule has 4 rings (SSSR count). The second-order valence-corrected chi connectivity index (χ2v) is 9.74. The summed E-state index contributed by atoms with van der Waals surface area (Å²) in [4.78, 5) is 15.0. The molecule has 10 heteroatoms. The Bertz CT molecular complexity index is 1080. The molecule has 0 radical (unpaired) electrons. The summed E-state index contributed by atoms with van der Waals surface area (Å²) in [6, 6.07) is 12.3. The molecule has 0 spiro atoms. The van der Waals surface area contributed by atoms with Gasteiger partial charge in [0, 0.05) is 38.3 Å². The zero-order chi connectivity index (χ0) is 23.3. The van der Waals surface area contributed by atoms with Crippen LogP contribution < -0.4 is 15.0 Å². The first-order chi connectivity index (χ1) is 16.0. The van der Waals surface area contributed by atoms with Crippen molar-refractivity contribution in [3.63, 3.8) is 0 Å². The van der Waals surface area contributed by atoms with Crippen molar-refractivity contribution in [3.05, 3.63) is 53.6 Å². The highest BCUT2D eigenvalue weighted by Gasteiger charge is 2.31. The molecule has 33 heavy (non-hydrogen) atoms. The van der Waals surface area contributed by atoms with Crippen molar-refractivity contribution in [2.24, 2.45) is 0 Å². The largest absolute Gasteiger partial charge is 0.497 e. The van der Waals surface area contributed by atoms with E-state index in [2.05, 4.69) is 5.32 Å². The molecule has 2 aliphatic heterocycles. The van der Waals surface area contributed by atoms with Gasteiger partial charge in [0.25, 0.3) is 5.91 Å². The van der Waals surface area contributed by atoms with Gasteiger partial charge in [0.05, 0.1) is 39.2 Å². The molecule has 178 valence electrons. The highest BCUT2D eigenvalue weighted by molar-refractivity contribution is 7.89. The first-order valence-electron chi connectivity index (χ1n) is 10.9. The number of sulfonamides is 1. The molecule has 2 saturated heterocycles. The molecular formula is C23H29N3O6S. The normalized spacial score (nSPS) is 17.5. The van der Waals surface area contributed by atoms with E-state index in [-0.39, 0.29) is 23.9 Å². The molecule has 2 aromatic carbocycles. The van der Waals surface area contributed by atoms with Gasteiger partial charge in [-0.2, -0.15) is 4.31 Å². The third-order valence-electron chi connectivity index (χ3n) is 5.75. The molecule has 0 bridgehead atoms. The molecule has 0 saturated carbocycles. The zero-order valence-electron chi connectivity index (χ0n) is 18.7. The molecule has 1 N–H and O–H groups in total. The van der Waals surface area contributed by atoms with Crippen molar-refractivity contribution in [3.8, 4) is 5.75 Å². The molecule has 0 aliphatic carbocycles. The average Bonchev–Trinajstić information content (AvgIpc) is 2.88. The van der Waals surface area contributed by atoms with Crippen molar-refractivity contribution < 1.29 is 27.4 Å². The minimum atomic E-state index is -3.80. The third-order valence-corrected chi connectivity index (χ3v) is 7.68. The number of nitrogens with one attached hydrogen (secondary N) is 1. The zero-order valence-corrected chi connectivity index (χ0v) is 19.5. The van der Waals surface area contributed by atoms with Crippen LogP contribution in [0.4, 0.5) is 5.69 Å². The van der Waals surface area contributed by atoms with Gasteiger partial charge in [-0.15, -0.1) is 0 Å². The molecule has 9 nitrogen and oxygen atoms in total. The second kappa shape index (κ2) is 10.5. The molecule has 2 aromatic rings. The topological polar surface area (TPSA) is 97.4 Å². The standard InChI is InChI=1S/C23H29N3O6S/c1-30-20-4-2-3-18(15-20)17-24-23(27)19-5-6-21(25-7-11-31-12-8-25)22(16-19)33(28,29)26-9-13-32-14-10-26/h2-6,15-16H,7-14,17H2,1H3,(H,24,27). The Labute approximate surface area is 194 Å². The van der Waals surface area contributed by atoms with Gasteiger partial charge in [0.2, 0.25) is 10.0 Å². The van der Waals surface area contributed by atoms with E-state index >= 15 is 0 Å². The summed E-state index contributed by atoms with van der Waals surface area (Å²) >= 11 is 0. The minimum absolute atomic E-state index is 0.139. The van der Waals surface area contributed by atoms with Crippen molar-refractivity contribution >= 4 is 21.6 Å². The summed E-state index contributed by atoms with van der Waals surface area (Å²) < 4.78 is 44.5. The average molecular weight is 476 g/mol. The summed E-state index contributed by atoms with van der Waals surface area (Å²) in [5.41, 5.74) is 1.77. The first-order valence-corrected chi connectivity index (χ1v) is 12.4. The van der Waals surface area contributed by atoms with E-state index in [9.17, 15) is 13.2 Å². The van der Waals surface area contributed by atoms with Crippen molar-refractivity contribution in [2.75, 3.05) is 64.6 Å². The lowest BCUT2D eigenvalue weighted by molar-refractivity contribution is 0.0730. The lowest BCUT2D eigenvalue weighted by atomic mass is 10.1. The van der Waals surface area contributed by atoms with Crippen LogP contribution in [-0.2, 0) is 26.0 Å². The molecule has 2 heterocycles. The van der Waals surface area contributed by atoms with E-state index in [1.54, 1.807) is 19.2 Å². The fourth-order valence-electron chi connectivity index (χ4n) is 3.92. The van der Waals surface area contributed by atoms with E-state index < -0.39 is 10.0 Å².